The van der Waals surface area contributed by atoms with E-state index in [2.05, 4.69) is 9.13 Å². The van der Waals surface area contributed by atoms with Gasteiger partial charge in [0.15, 0.2) is 0 Å². The number of esters is 2. The molecule has 9 heteroatoms. The first-order chi connectivity index (χ1) is 14.3. The average molecular weight is 428 g/mol. The highest BCUT2D eigenvalue weighted by molar-refractivity contribution is 7.88. The molecular formula is C21H20N2O6S. The molecule has 8 nitrogen and oxygen atoms in total. The number of ether oxygens (including phenoxy) is 2. The molecule has 1 heterocycles. The summed E-state index contributed by atoms with van der Waals surface area (Å²) in [4.78, 5) is 24.2. The highest BCUT2D eigenvalue weighted by Crippen LogP contribution is 2.20. The number of hydrogen-bond acceptors (Lipinski definition) is 6. The van der Waals surface area contributed by atoms with Gasteiger partial charge in [-0.3, -0.25) is 4.31 Å². The first-order valence-corrected chi connectivity index (χ1v) is 10.4. The van der Waals surface area contributed by atoms with Crippen LogP contribution in [-0.2, 0) is 37.6 Å². The lowest BCUT2D eigenvalue weighted by Gasteiger charge is -2.23. The van der Waals surface area contributed by atoms with E-state index in [1.54, 1.807) is 48.5 Å². The Morgan fingerprint density at radius 1 is 1.00 bits per heavy atom. The van der Waals surface area contributed by atoms with Crippen molar-refractivity contribution in [1.29, 1.82) is 0 Å². The molecule has 2 aromatic rings. The van der Waals surface area contributed by atoms with Gasteiger partial charge < -0.3 is 9.47 Å². The van der Waals surface area contributed by atoms with E-state index < -0.39 is 22.1 Å². The Bertz CT molecular complexity index is 1120. The Morgan fingerprint density at radius 3 is 2.40 bits per heavy atom. The summed E-state index contributed by atoms with van der Waals surface area (Å²) in [6.07, 6.45) is 1.23. The van der Waals surface area contributed by atoms with Gasteiger partial charge >= 0.3 is 22.1 Å². The van der Waals surface area contributed by atoms with E-state index in [-0.39, 0.29) is 24.4 Å². The predicted molar refractivity (Wildman–Crippen MR) is 110 cm³/mol. The topological polar surface area (TPSA) is 102 Å². The van der Waals surface area contributed by atoms with Crippen LogP contribution in [0, 0.1) is 0 Å². The molecule has 3 rings (SSSR count). The van der Waals surface area contributed by atoms with E-state index in [0.717, 1.165) is 9.87 Å². The van der Waals surface area contributed by atoms with Crippen LogP contribution < -0.4 is 0 Å². The van der Waals surface area contributed by atoms with Crippen molar-refractivity contribution in [2.45, 2.75) is 20.1 Å². The third kappa shape index (κ3) is 4.93. The molecule has 2 aromatic carbocycles. The molecule has 0 N–H and O–H groups in total. The van der Waals surface area contributed by atoms with E-state index >= 15 is 0 Å². The summed E-state index contributed by atoms with van der Waals surface area (Å²) in [5.74, 6) is -1.21. The van der Waals surface area contributed by atoms with E-state index in [9.17, 15) is 18.0 Å². The summed E-state index contributed by atoms with van der Waals surface area (Å²) in [6.45, 7) is 1.38. The van der Waals surface area contributed by atoms with E-state index in [4.69, 9.17) is 4.74 Å². The van der Waals surface area contributed by atoms with Crippen molar-refractivity contribution in [1.82, 2.24) is 4.31 Å². The van der Waals surface area contributed by atoms with Crippen LogP contribution in [0.1, 0.15) is 28.4 Å². The van der Waals surface area contributed by atoms with Crippen molar-refractivity contribution in [3.8, 4) is 0 Å². The molecule has 1 aliphatic heterocycles. The molecule has 30 heavy (non-hydrogen) atoms. The van der Waals surface area contributed by atoms with Crippen LogP contribution >= 0.6 is 0 Å². The highest BCUT2D eigenvalue weighted by atomic mass is 32.2. The smallest absolute Gasteiger partial charge is 0.344 e. The van der Waals surface area contributed by atoms with E-state index in [1.807, 2.05) is 6.07 Å². The first-order valence-electron chi connectivity index (χ1n) is 8.99. The minimum absolute atomic E-state index is 0.0396. The molecule has 0 atom stereocenters. The third-order valence-electron chi connectivity index (χ3n) is 4.33. The quantitative estimate of drug-likeness (QED) is 0.656. The lowest BCUT2D eigenvalue weighted by molar-refractivity contribution is -0.139. The first kappa shape index (κ1) is 21.3. The molecule has 0 fully saturated rings. The lowest BCUT2D eigenvalue weighted by atomic mass is 10.1. The van der Waals surface area contributed by atoms with Gasteiger partial charge in [0.2, 0.25) is 0 Å². The molecule has 0 spiro atoms. The maximum Gasteiger partial charge on any atom is 0.344 e. The molecule has 0 unspecified atom stereocenters. The summed E-state index contributed by atoms with van der Waals surface area (Å²) in [5, 5.41) is 0. The van der Waals surface area contributed by atoms with Gasteiger partial charge in [-0.2, -0.15) is 8.42 Å². The van der Waals surface area contributed by atoms with Gasteiger partial charge in [0.1, 0.15) is 6.61 Å². The number of hydrogen-bond donors (Lipinski definition) is 0. The maximum atomic E-state index is 12.6. The van der Waals surface area contributed by atoms with Gasteiger partial charge in [-0.15, -0.1) is 4.40 Å². The summed E-state index contributed by atoms with van der Waals surface area (Å²) in [5.41, 5.74) is 1.77. The number of carbonyl (C=O) groups excluding carboxylic acids is 2. The van der Waals surface area contributed by atoms with Crippen molar-refractivity contribution >= 4 is 27.9 Å². The van der Waals surface area contributed by atoms with Crippen molar-refractivity contribution in [3.63, 3.8) is 0 Å². The minimum Gasteiger partial charge on any atom is -0.465 e. The van der Waals surface area contributed by atoms with Crippen LogP contribution in [0.25, 0.3) is 0 Å². The fraction of sp³-hybridized carbons (Fsp3) is 0.190. The third-order valence-corrected chi connectivity index (χ3v) is 5.66. The molecule has 0 aromatic heterocycles. The Morgan fingerprint density at radius 2 is 1.70 bits per heavy atom. The van der Waals surface area contributed by atoms with Gasteiger partial charge in [0.25, 0.3) is 0 Å². The number of rotatable bonds is 6. The number of methoxy groups -OCH3 is 1. The van der Waals surface area contributed by atoms with Crippen molar-refractivity contribution in [2.75, 3.05) is 7.11 Å². The number of benzene rings is 2. The minimum atomic E-state index is -3.94. The standard InChI is InChI=1S/C21H20N2O6S/c1-15-19(13-23(30(26,27)22-15)12-16-7-4-3-5-8-16)21(25)29-14-17-9-6-10-18(11-17)20(24)28-2/h3-11,13H,12,14H2,1-2H3. The zero-order valence-electron chi connectivity index (χ0n) is 16.4. The van der Waals surface area contributed by atoms with Crippen LogP contribution in [0.2, 0.25) is 0 Å². The molecule has 0 saturated carbocycles. The Hall–Kier alpha value is -3.46. The Labute approximate surface area is 174 Å². The summed E-state index contributed by atoms with van der Waals surface area (Å²) < 4.78 is 39.4. The Balaban J connectivity index is 1.75. The second kappa shape index (κ2) is 8.91. The van der Waals surface area contributed by atoms with Gasteiger partial charge in [0, 0.05) is 6.20 Å². The fourth-order valence-corrected chi connectivity index (χ4v) is 3.90. The molecular weight excluding hydrogens is 408 g/mol. The lowest BCUT2D eigenvalue weighted by Crippen LogP contribution is -2.31. The molecule has 156 valence electrons. The number of carbonyl (C=O) groups is 2. The van der Waals surface area contributed by atoms with Gasteiger partial charge in [-0.05, 0) is 30.2 Å². The SMILES string of the molecule is COC(=O)c1cccc(COC(=O)C2=CN(Cc3ccccc3)S(=O)(=O)N=C2C)c1. The maximum absolute atomic E-state index is 12.6. The van der Waals surface area contributed by atoms with Gasteiger partial charge in [-0.1, -0.05) is 42.5 Å². The van der Waals surface area contributed by atoms with Crippen molar-refractivity contribution in [3.05, 3.63) is 83.1 Å². The van der Waals surface area contributed by atoms with Crippen LogP contribution in [-0.4, -0.2) is 37.5 Å². The molecule has 1 aliphatic rings. The van der Waals surface area contributed by atoms with Crippen LogP contribution in [0.5, 0.6) is 0 Å². The van der Waals surface area contributed by atoms with Gasteiger partial charge in [-0.25, -0.2) is 9.59 Å². The molecule has 0 amide bonds. The number of nitrogens with zero attached hydrogens (tertiary/aromatic N) is 2. The Kier molecular flexibility index (Phi) is 6.31. The second-order valence-corrected chi connectivity index (χ2v) is 8.04. The summed E-state index contributed by atoms with van der Waals surface area (Å²) in [6, 6.07) is 15.5. The fourth-order valence-electron chi connectivity index (χ4n) is 2.80. The average Bonchev–Trinajstić information content (AvgIpc) is 2.74. The van der Waals surface area contributed by atoms with Crippen molar-refractivity contribution in [2.24, 2.45) is 4.40 Å². The molecule has 0 saturated heterocycles. The summed E-state index contributed by atoms with van der Waals surface area (Å²) >= 11 is 0. The predicted octanol–water partition coefficient (Wildman–Crippen LogP) is 2.62. The molecule has 0 aliphatic carbocycles. The molecule has 0 radical (unpaired) electrons. The zero-order chi connectivity index (χ0) is 21.7. The van der Waals surface area contributed by atoms with E-state index in [0.29, 0.717) is 11.1 Å². The summed E-state index contributed by atoms with van der Waals surface area (Å²) in [7, 11) is -2.66. The van der Waals surface area contributed by atoms with Crippen LogP contribution in [0.3, 0.4) is 0 Å². The van der Waals surface area contributed by atoms with Crippen LogP contribution in [0.15, 0.2) is 70.8 Å². The highest BCUT2D eigenvalue weighted by Gasteiger charge is 2.29. The van der Waals surface area contributed by atoms with Gasteiger partial charge in [0.05, 0.1) is 30.5 Å². The van der Waals surface area contributed by atoms with Crippen molar-refractivity contribution < 1.29 is 27.5 Å². The van der Waals surface area contributed by atoms with E-state index in [1.165, 1.54) is 20.2 Å². The second-order valence-electron chi connectivity index (χ2n) is 6.50. The van der Waals surface area contributed by atoms with Crippen LogP contribution in [0.4, 0.5) is 0 Å². The largest absolute Gasteiger partial charge is 0.465 e. The normalized spacial score (nSPS) is 15.1. The monoisotopic (exact) mass is 428 g/mol. The molecule has 0 bridgehead atoms. The zero-order valence-corrected chi connectivity index (χ0v) is 17.3.